The van der Waals surface area contributed by atoms with Crippen LogP contribution in [0.1, 0.15) is 12.6 Å². The van der Waals surface area contributed by atoms with E-state index in [1.807, 2.05) is 6.92 Å². The van der Waals surface area contributed by atoms with Crippen molar-refractivity contribution in [3.05, 3.63) is 23.9 Å². The van der Waals surface area contributed by atoms with Crippen LogP contribution in [0.5, 0.6) is 0 Å². The molecule has 0 saturated heterocycles. The van der Waals surface area contributed by atoms with Crippen molar-refractivity contribution in [3.8, 4) is 11.1 Å². The van der Waals surface area contributed by atoms with Crippen LogP contribution in [0.15, 0.2) is 18.2 Å². The minimum absolute atomic E-state index is 0.0440. The van der Waals surface area contributed by atoms with E-state index in [1.54, 1.807) is 18.2 Å². The summed E-state index contributed by atoms with van der Waals surface area (Å²) in [5.41, 5.74) is 19.7. The highest BCUT2D eigenvalue weighted by Gasteiger charge is 2.16. The Hall–Kier alpha value is -2.62. The summed E-state index contributed by atoms with van der Waals surface area (Å²) >= 11 is 0. The number of nitrogens with zero attached hydrogens (tertiary/aromatic N) is 3. The van der Waals surface area contributed by atoms with E-state index in [9.17, 15) is 10.4 Å². The summed E-state index contributed by atoms with van der Waals surface area (Å²) in [5.74, 6) is 0.348. The first kappa shape index (κ1) is 16.7. The molecule has 0 atom stereocenters. The van der Waals surface area contributed by atoms with Gasteiger partial charge < -0.3 is 22.5 Å². The van der Waals surface area contributed by atoms with Crippen LogP contribution >= 0.6 is 0 Å². The monoisotopic (exact) mass is 319 g/mol. The van der Waals surface area contributed by atoms with Crippen LogP contribution in [0.4, 0.5) is 23.1 Å². The Labute approximate surface area is 133 Å². The van der Waals surface area contributed by atoms with Gasteiger partial charge in [-0.1, -0.05) is 13.0 Å². The van der Waals surface area contributed by atoms with Gasteiger partial charge in [0.25, 0.3) is 0 Å². The summed E-state index contributed by atoms with van der Waals surface area (Å²) in [6.07, 6.45) is 0.608. The van der Waals surface area contributed by atoms with Gasteiger partial charge >= 0.3 is 0 Å². The molecule has 124 valence electrons. The van der Waals surface area contributed by atoms with E-state index in [4.69, 9.17) is 17.2 Å². The average Bonchev–Trinajstić information content (AvgIpc) is 2.52. The minimum Gasteiger partial charge on any atom is -0.383 e. The third kappa shape index (κ3) is 3.59. The minimum atomic E-state index is 0.0440. The zero-order valence-electron chi connectivity index (χ0n) is 12.8. The highest BCUT2D eigenvalue weighted by molar-refractivity contribution is 5.82. The normalized spacial score (nSPS) is 10.6. The van der Waals surface area contributed by atoms with Crippen molar-refractivity contribution in [1.29, 1.82) is 0 Å². The fourth-order valence-electron chi connectivity index (χ4n) is 2.33. The van der Waals surface area contributed by atoms with Crippen molar-refractivity contribution in [2.45, 2.75) is 13.3 Å². The number of anilines is 4. The molecule has 1 heterocycles. The smallest absolute Gasteiger partial charge is 0.222 e. The molecule has 9 nitrogen and oxygen atoms in total. The van der Waals surface area contributed by atoms with Crippen molar-refractivity contribution in [3.63, 3.8) is 0 Å². The number of aryl methyl sites for hydroxylation is 1. The lowest BCUT2D eigenvalue weighted by Crippen LogP contribution is -2.18. The highest BCUT2D eigenvalue weighted by Crippen LogP contribution is 2.34. The Morgan fingerprint density at radius 3 is 2.57 bits per heavy atom. The fraction of sp³-hybridized carbons (Fsp3) is 0.286. The first-order chi connectivity index (χ1) is 11.0. The second-order valence-corrected chi connectivity index (χ2v) is 4.88. The zero-order valence-corrected chi connectivity index (χ0v) is 12.8. The highest BCUT2D eigenvalue weighted by atomic mass is 16.8. The van der Waals surface area contributed by atoms with Gasteiger partial charge in [-0.25, -0.2) is 4.98 Å². The summed E-state index contributed by atoms with van der Waals surface area (Å²) < 4.78 is 0. The molecule has 0 fully saturated rings. The Morgan fingerprint density at radius 2 is 1.96 bits per heavy atom. The lowest BCUT2D eigenvalue weighted by atomic mass is 10.0. The van der Waals surface area contributed by atoms with Crippen molar-refractivity contribution >= 4 is 23.1 Å². The molecule has 23 heavy (non-hydrogen) atoms. The molecule has 0 aliphatic carbocycles. The Balaban J connectivity index is 2.55. The topological polar surface area (TPSA) is 160 Å². The lowest BCUT2D eigenvalue weighted by molar-refractivity contribution is 0.0295. The summed E-state index contributed by atoms with van der Waals surface area (Å²) in [4.78, 5) is 8.17. The van der Waals surface area contributed by atoms with Crippen LogP contribution in [0.2, 0.25) is 0 Å². The largest absolute Gasteiger partial charge is 0.383 e. The summed E-state index contributed by atoms with van der Waals surface area (Å²) in [5, 5.41) is 22.0. The second-order valence-electron chi connectivity index (χ2n) is 4.88. The van der Waals surface area contributed by atoms with Crippen LogP contribution in [0.3, 0.4) is 0 Å². The molecule has 2 aromatic rings. The molecule has 2 rings (SSSR count). The molecule has 9 heteroatoms. The number of nitrogens with one attached hydrogen (secondary N) is 1. The number of benzene rings is 1. The fourth-order valence-corrected chi connectivity index (χ4v) is 2.33. The quantitative estimate of drug-likeness (QED) is 0.424. The molecule has 9 N–H and O–H groups in total. The van der Waals surface area contributed by atoms with E-state index in [0.717, 1.165) is 0 Å². The second kappa shape index (κ2) is 7.09. The molecule has 0 aliphatic heterocycles. The molecular weight excluding hydrogens is 298 g/mol. The van der Waals surface area contributed by atoms with Crippen LogP contribution in [0, 0.1) is 0 Å². The van der Waals surface area contributed by atoms with Crippen molar-refractivity contribution < 1.29 is 10.4 Å². The van der Waals surface area contributed by atoms with Crippen molar-refractivity contribution in [2.75, 3.05) is 35.1 Å². The van der Waals surface area contributed by atoms with Crippen LogP contribution in [-0.4, -0.2) is 33.5 Å². The maximum Gasteiger partial charge on any atom is 0.222 e. The maximum atomic E-state index is 9.45. The van der Waals surface area contributed by atoms with Crippen LogP contribution in [-0.2, 0) is 6.42 Å². The number of hydrogen-bond donors (Lipinski definition) is 6. The first-order valence-corrected chi connectivity index (χ1v) is 7.16. The van der Waals surface area contributed by atoms with Gasteiger partial charge in [-0.3, -0.25) is 10.4 Å². The molecule has 0 unspecified atom stereocenters. The lowest BCUT2D eigenvalue weighted by Gasteiger charge is -2.17. The molecule has 1 aromatic carbocycles. The van der Waals surface area contributed by atoms with Gasteiger partial charge in [-0.15, -0.1) is 5.23 Å². The molecule has 0 aliphatic rings. The average molecular weight is 319 g/mol. The Morgan fingerprint density at radius 1 is 1.22 bits per heavy atom. The van der Waals surface area contributed by atoms with E-state index in [0.29, 0.717) is 42.0 Å². The maximum absolute atomic E-state index is 9.45. The van der Waals surface area contributed by atoms with Crippen molar-refractivity contribution in [1.82, 2.24) is 9.97 Å². The third-order valence-electron chi connectivity index (χ3n) is 3.33. The van der Waals surface area contributed by atoms with Crippen LogP contribution < -0.4 is 27.7 Å². The van der Waals surface area contributed by atoms with E-state index in [1.165, 1.54) is 0 Å². The first-order valence-electron chi connectivity index (χ1n) is 7.16. The number of nitrogens with two attached hydrogens (primary N) is 3. The SMILES string of the molecule is CCc1nc(N)nc(N)c1-c1ccc(NCCN)c(N(O)O)c1. The van der Waals surface area contributed by atoms with Gasteiger partial charge in [0.2, 0.25) is 5.95 Å². The van der Waals surface area contributed by atoms with Gasteiger partial charge in [0.15, 0.2) is 0 Å². The van der Waals surface area contributed by atoms with Gasteiger partial charge in [0, 0.05) is 18.7 Å². The Kier molecular flexibility index (Phi) is 5.16. The molecular formula is C14H21N7O2. The van der Waals surface area contributed by atoms with E-state index in [-0.39, 0.29) is 22.7 Å². The van der Waals surface area contributed by atoms with Gasteiger partial charge in [0.1, 0.15) is 11.5 Å². The molecule has 0 saturated carbocycles. The molecule has 0 radical (unpaired) electrons. The predicted molar refractivity (Wildman–Crippen MR) is 89.3 cm³/mol. The number of hydrogen-bond acceptors (Lipinski definition) is 9. The van der Waals surface area contributed by atoms with Crippen molar-refractivity contribution in [2.24, 2.45) is 5.73 Å². The zero-order chi connectivity index (χ0) is 17.0. The molecule has 0 spiro atoms. The standard InChI is InChI=1S/C14H21N7O2/c1-2-9-12(13(16)20-14(17)19-9)8-3-4-10(18-6-5-15)11(7-8)21(22)23/h3-4,7,18,22-23H,2,5-6,15H2,1H3,(H4,16,17,19,20). The van der Waals surface area contributed by atoms with E-state index >= 15 is 0 Å². The van der Waals surface area contributed by atoms with Gasteiger partial charge in [-0.05, 0) is 24.1 Å². The number of nitrogen functional groups attached to an aromatic ring is 2. The third-order valence-corrected chi connectivity index (χ3v) is 3.33. The number of rotatable bonds is 6. The predicted octanol–water partition coefficient (Wildman–Crippen LogP) is 0.826. The summed E-state index contributed by atoms with van der Waals surface area (Å²) in [6.45, 7) is 2.83. The van der Waals surface area contributed by atoms with E-state index < -0.39 is 0 Å². The van der Waals surface area contributed by atoms with Gasteiger partial charge in [-0.2, -0.15) is 4.98 Å². The molecule has 0 amide bonds. The molecule has 1 aromatic heterocycles. The summed E-state index contributed by atoms with van der Waals surface area (Å²) in [6, 6.07) is 5.06. The van der Waals surface area contributed by atoms with Crippen LogP contribution in [0.25, 0.3) is 11.1 Å². The Bertz CT molecular complexity index is 691. The molecule has 0 bridgehead atoms. The van der Waals surface area contributed by atoms with E-state index in [2.05, 4.69) is 15.3 Å². The number of aromatic nitrogens is 2. The van der Waals surface area contributed by atoms with Gasteiger partial charge in [0.05, 0.1) is 11.4 Å². The summed E-state index contributed by atoms with van der Waals surface area (Å²) in [7, 11) is 0.